The lowest BCUT2D eigenvalue weighted by atomic mass is 9.87. The third-order valence-corrected chi connectivity index (χ3v) is 6.43. The molecular weight excluding hydrogens is 370 g/mol. The number of amides is 2. The van der Waals surface area contributed by atoms with Crippen LogP contribution >= 0.6 is 11.8 Å². The summed E-state index contributed by atoms with van der Waals surface area (Å²) in [7, 11) is 0. The lowest BCUT2D eigenvalue weighted by Crippen LogP contribution is -2.65. The number of piperazine rings is 1. The van der Waals surface area contributed by atoms with Crippen molar-refractivity contribution in [1.82, 2.24) is 10.6 Å². The van der Waals surface area contributed by atoms with E-state index < -0.39 is 6.04 Å². The second-order valence-electron chi connectivity index (χ2n) is 7.39. The van der Waals surface area contributed by atoms with Crippen LogP contribution in [0.5, 0.6) is 0 Å². The maximum Gasteiger partial charge on any atom is 0.237 e. The third-order valence-electron chi connectivity index (χ3n) is 5.35. The van der Waals surface area contributed by atoms with E-state index in [2.05, 4.69) is 16.0 Å². The second-order valence-corrected chi connectivity index (χ2v) is 8.50. The summed E-state index contributed by atoms with van der Waals surface area (Å²) in [5.41, 5.74) is 0.771. The molecule has 2 aliphatic rings. The Bertz CT molecular complexity index is 843. The molecule has 4 rings (SSSR count). The molecule has 146 valence electrons. The summed E-state index contributed by atoms with van der Waals surface area (Å²) >= 11 is 1.61. The van der Waals surface area contributed by atoms with Crippen molar-refractivity contribution in [2.45, 2.75) is 60.0 Å². The summed E-state index contributed by atoms with van der Waals surface area (Å²) in [6.07, 6.45) is 4.54. The van der Waals surface area contributed by atoms with Gasteiger partial charge in [0.05, 0.1) is 18.2 Å². The van der Waals surface area contributed by atoms with Crippen LogP contribution in [-0.2, 0) is 9.59 Å². The number of benzene rings is 2. The van der Waals surface area contributed by atoms with E-state index in [9.17, 15) is 9.59 Å². The van der Waals surface area contributed by atoms with Gasteiger partial charge in [0.1, 0.15) is 0 Å². The first-order chi connectivity index (χ1) is 13.7. The van der Waals surface area contributed by atoms with Crippen molar-refractivity contribution in [2.24, 2.45) is 0 Å². The number of hydrogen-bond donors (Lipinski definition) is 3. The summed E-state index contributed by atoms with van der Waals surface area (Å²) in [6.45, 7) is 0. The molecule has 1 heterocycles. The van der Waals surface area contributed by atoms with Crippen LogP contribution in [0.25, 0.3) is 0 Å². The average molecular weight is 396 g/mol. The minimum atomic E-state index is -0.465. The van der Waals surface area contributed by atoms with Crippen molar-refractivity contribution in [3.05, 3.63) is 54.6 Å². The minimum Gasteiger partial charge on any atom is -0.350 e. The molecule has 1 aliphatic carbocycles. The predicted molar refractivity (Wildman–Crippen MR) is 111 cm³/mol. The number of para-hydroxylation sites is 1. The van der Waals surface area contributed by atoms with Gasteiger partial charge in [-0.3, -0.25) is 9.59 Å². The van der Waals surface area contributed by atoms with Gasteiger partial charge in [0.15, 0.2) is 0 Å². The highest BCUT2D eigenvalue weighted by Crippen LogP contribution is 2.33. The molecule has 3 unspecified atom stereocenters. The van der Waals surface area contributed by atoms with Gasteiger partial charge in [-0.2, -0.15) is 0 Å². The molecule has 0 bridgehead atoms. The molecule has 3 N–H and O–H groups in total. The highest BCUT2D eigenvalue weighted by atomic mass is 32.2. The number of nitrogens with one attached hydrogen (secondary N) is 3. The van der Waals surface area contributed by atoms with E-state index in [1.807, 2.05) is 54.6 Å². The van der Waals surface area contributed by atoms with Gasteiger partial charge in [-0.05, 0) is 37.1 Å². The van der Waals surface area contributed by atoms with Gasteiger partial charge in [-0.25, -0.2) is 0 Å². The zero-order valence-corrected chi connectivity index (χ0v) is 16.5. The van der Waals surface area contributed by atoms with Crippen LogP contribution in [-0.4, -0.2) is 29.9 Å². The fraction of sp³-hybridized carbons (Fsp3) is 0.364. The minimum absolute atomic E-state index is 0.0646. The highest BCUT2D eigenvalue weighted by Gasteiger charge is 2.37. The first-order valence-corrected chi connectivity index (χ1v) is 10.7. The van der Waals surface area contributed by atoms with Gasteiger partial charge in [-0.15, -0.1) is 0 Å². The fourth-order valence-electron chi connectivity index (χ4n) is 3.93. The normalized spacial score (nSPS) is 24.1. The summed E-state index contributed by atoms with van der Waals surface area (Å²) in [5, 5.41) is 9.49. The number of hydrogen-bond acceptors (Lipinski definition) is 4. The molecule has 3 atom stereocenters. The zero-order chi connectivity index (χ0) is 19.3. The number of anilines is 1. The smallest absolute Gasteiger partial charge is 0.237 e. The quantitative estimate of drug-likeness (QED) is 0.724. The second kappa shape index (κ2) is 8.80. The molecule has 0 aromatic heterocycles. The van der Waals surface area contributed by atoms with E-state index in [-0.39, 0.29) is 30.3 Å². The Hall–Kier alpha value is -2.31. The lowest BCUT2D eigenvalue weighted by Gasteiger charge is -2.40. The van der Waals surface area contributed by atoms with Crippen LogP contribution < -0.4 is 16.0 Å². The molecule has 0 radical (unpaired) electrons. The summed E-state index contributed by atoms with van der Waals surface area (Å²) in [5.74, 6) is -0.215. The third kappa shape index (κ3) is 4.56. The highest BCUT2D eigenvalue weighted by molar-refractivity contribution is 7.99. The SMILES string of the molecule is O=C(CC1NC2CCCCC2NC1=O)Nc1ccccc1Sc1ccccc1. The van der Waals surface area contributed by atoms with Gasteiger partial charge in [0, 0.05) is 21.9 Å². The molecule has 6 heteroatoms. The average Bonchev–Trinajstić information content (AvgIpc) is 2.71. The molecule has 2 aromatic rings. The molecule has 1 aliphatic heterocycles. The van der Waals surface area contributed by atoms with Gasteiger partial charge < -0.3 is 16.0 Å². The van der Waals surface area contributed by atoms with Crippen molar-refractivity contribution in [3.63, 3.8) is 0 Å². The lowest BCUT2D eigenvalue weighted by molar-refractivity contribution is -0.129. The molecule has 1 saturated heterocycles. The van der Waals surface area contributed by atoms with Crippen molar-refractivity contribution in [2.75, 3.05) is 5.32 Å². The van der Waals surface area contributed by atoms with Gasteiger partial charge >= 0.3 is 0 Å². The first-order valence-electron chi connectivity index (χ1n) is 9.87. The van der Waals surface area contributed by atoms with E-state index in [1.165, 1.54) is 6.42 Å². The number of carbonyl (C=O) groups excluding carboxylic acids is 2. The first kappa shape index (κ1) is 19.0. The molecule has 2 fully saturated rings. The standard InChI is InChI=1S/C22H25N3O2S/c26-21(14-19-22(27)25-17-11-5-4-10-16(17)23-19)24-18-12-6-7-13-20(18)28-15-8-2-1-3-9-15/h1-3,6-9,12-13,16-17,19,23H,4-5,10-11,14H2,(H,24,26)(H,25,27). The molecule has 5 nitrogen and oxygen atoms in total. The Morgan fingerprint density at radius 2 is 1.71 bits per heavy atom. The number of rotatable bonds is 5. The maximum atomic E-state index is 12.7. The van der Waals surface area contributed by atoms with Crippen LogP contribution in [0.1, 0.15) is 32.1 Å². The van der Waals surface area contributed by atoms with Gasteiger partial charge in [0.2, 0.25) is 11.8 Å². The van der Waals surface area contributed by atoms with Crippen molar-refractivity contribution in [1.29, 1.82) is 0 Å². The van der Waals surface area contributed by atoms with Gasteiger partial charge in [0.25, 0.3) is 0 Å². The number of carbonyl (C=O) groups is 2. The van der Waals surface area contributed by atoms with Crippen LogP contribution in [0.3, 0.4) is 0 Å². The van der Waals surface area contributed by atoms with Crippen LogP contribution in [0.4, 0.5) is 5.69 Å². The Morgan fingerprint density at radius 3 is 2.54 bits per heavy atom. The topological polar surface area (TPSA) is 70.2 Å². The van der Waals surface area contributed by atoms with E-state index >= 15 is 0 Å². The molecule has 2 amide bonds. The molecule has 0 spiro atoms. The Balaban J connectivity index is 1.39. The van der Waals surface area contributed by atoms with Crippen LogP contribution in [0.15, 0.2) is 64.4 Å². The van der Waals surface area contributed by atoms with E-state index in [0.29, 0.717) is 0 Å². The Labute approximate surface area is 169 Å². The summed E-state index contributed by atoms with van der Waals surface area (Å²) in [6, 6.07) is 17.8. The van der Waals surface area contributed by atoms with Crippen molar-refractivity contribution in [3.8, 4) is 0 Å². The summed E-state index contributed by atoms with van der Waals surface area (Å²) < 4.78 is 0. The van der Waals surface area contributed by atoms with Crippen LogP contribution in [0.2, 0.25) is 0 Å². The van der Waals surface area contributed by atoms with Gasteiger partial charge in [-0.1, -0.05) is 54.9 Å². The Morgan fingerprint density at radius 1 is 1.00 bits per heavy atom. The maximum absolute atomic E-state index is 12.7. The molecule has 1 saturated carbocycles. The fourth-order valence-corrected chi connectivity index (χ4v) is 4.86. The molecule has 28 heavy (non-hydrogen) atoms. The largest absolute Gasteiger partial charge is 0.350 e. The molecule has 2 aromatic carbocycles. The zero-order valence-electron chi connectivity index (χ0n) is 15.7. The van der Waals surface area contributed by atoms with Crippen molar-refractivity contribution < 1.29 is 9.59 Å². The monoisotopic (exact) mass is 395 g/mol. The van der Waals surface area contributed by atoms with Crippen molar-refractivity contribution >= 4 is 29.3 Å². The van der Waals surface area contributed by atoms with Crippen LogP contribution in [0, 0.1) is 0 Å². The van der Waals surface area contributed by atoms with E-state index in [0.717, 1.165) is 34.7 Å². The van der Waals surface area contributed by atoms with E-state index in [1.54, 1.807) is 11.8 Å². The molecular formula is C22H25N3O2S. The Kier molecular flexibility index (Phi) is 5.98. The predicted octanol–water partition coefficient (Wildman–Crippen LogP) is 3.57. The summed E-state index contributed by atoms with van der Waals surface area (Å²) in [4.78, 5) is 27.1. The number of fused-ring (bicyclic) bond motifs is 1. The van der Waals surface area contributed by atoms with E-state index in [4.69, 9.17) is 0 Å².